The molecule has 4 aromatic rings. The molecule has 0 spiro atoms. The first-order chi connectivity index (χ1) is 15.5. The molecular weight excluding hydrogens is 424 g/mol. The molecule has 0 fully saturated rings. The summed E-state index contributed by atoms with van der Waals surface area (Å²) >= 11 is 6.14. The topological polar surface area (TPSA) is 76.1 Å². The lowest BCUT2D eigenvalue weighted by Gasteiger charge is -2.10. The largest absolute Gasteiger partial charge is 0.495 e. The highest BCUT2D eigenvalue weighted by molar-refractivity contribution is 6.32. The number of ether oxygens (including phenoxy) is 1. The Hall–Kier alpha value is -3.90. The molecular formula is C25H21ClN4O2. The summed E-state index contributed by atoms with van der Waals surface area (Å²) < 4.78 is 5.14. The molecule has 2 N–H and O–H groups in total. The van der Waals surface area contributed by atoms with Gasteiger partial charge in [0.05, 0.1) is 12.1 Å². The van der Waals surface area contributed by atoms with Crippen LogP contribution in [0.25, 0.3) is 11.4 Å². The molecule has 0 saturated heterocycles. The molecule has 6 nitrogen and oxygen atoms in total. The Kier molecular flexibility index (Phi) is 6.33. The highest BCUT2D eigenvalue weighted by atomic mass is 35.5. The Bertz CT molecular complexity index is 1260. The van der Waals surface area contributed by atoms with Gasteiger partial charge in [-0.25, -0.2) is 9.97 Å². The zero-order valence-electron chi connectivity index (χ0n) is 17.6. The molecule has 0 radical (unpaired) electrons. The highest BCUT2D eigenvalue weighted by Crippen LogP contribution is 2.27. The van der Waals surface area contributed by atoms with E-state index in [1.54, 1.807) is 55.8 Å². The number of methoxy groups -OCH3 is 1. The van der Waals surface area contributed by atoms with Gasteiger partial charge < -0.3 is 15.4 Å². The average molecular weight is 445 g/mol. The highest BCUT2D eigenvalue weighted by Gasteiger charge is 2.10. The SMILES string of the molecule is COc1ccc(NC(=O)c2cccc(Nc3ccnc(-c4ccc(C)cc4)n3)c2)cc1Cl. The van der Waals surface area contributed by atoms with Crippen molar-refractivity contribution in [3.05, 3.63) is 95.1 Å². The third-order valence-corrected chi connectivity index (χ3v) is 5.07. The van der Waals surface area contributed by atoms with Crippen molar-refractivity contribution in [1.82, 2.24) is 9.97 Å². The molecule has 0 aliphatic rings. The van der Waals surface area contributed by atoms with Crippen molar-refractivity contribution in [3.63, 3.8) is 0 Å². The Balaban J connectivity index is 1.49. The number of amides is 1. The molecule has 4 rings (SSSR count). The van der Waals surface area contributed by atoms with Gasteiger partial charge in [0.15, 0.2) is 5.82 Å². The summed E-state index contributed by atoms with van der Waals surface area (Å²) in [5.74, 6) is 1.55. The lowest BCUT2D eigenvalue weighted by atomic mass is 10.1. The second kappa shape index (κ2) is 9.49. The van der Waals surface area contributed by atoms with Crippen molar-refractivity contribution >= 4 is 34.7 Å². The third kappa shape index (κ3) is 5.04. The van der Waals surface area contributed by atoms with Gasteiger partial charge in [-0.15, -0.1) is 0 Å². The van der Waals surface area contributed by atoms with Crippen molar-refractivity contribution < 1.29 is 9.53 Å². The van der Waals surface area contributed by atoms with Crippen molar-refractivity contribution in [3.8, 4) is 17.1 Å². The summed E-state index contributed by atoms with van der Waals surface area (Å²) in [4.78, 5) is 21.7. The maximum absolute atomic E-state index is 12.7. The van der Waals surface area contributed by atoms with Gasteiger partial charge in [0.25, 0.3) is 5.91 Å². The molecule has 1 amide bonds. The van der Waals surface area contributed by atoms with Gasteiger partial charge in [0.1, 0.15) is 11.6 Å². The minimum atomic E-state index is -0.252. The molecule has 1 heterocycles. The van der Waals surface area contributed by atoms with Gasteiger partial charge in [-0.3, -0.25) is 4.79 Å². The predicted octanol–water partition coefficient (Wildman–Crippen LogP) is 6.11. The summed E-state index contributed by atoms with van der Waals surface area (Å²) in [6.07, 6.45) is 1.70. The Morgan fingerprint density at radius 1 is 0.969 bits per heavy atom. The first kappa shape index (κ1) is 21.3. The zero-order valence-corrected chi connectivity index (χ0v) is 18.4. The maximum atomic E-state index is 12.7. The molecule has 0 atom stereocenters. The maximum Gasteiger partial charge on any atom is 0.255 e. The number of hydrogen-bond donors (Lipinski definition) is 2. The first-order valence-electron chi connectivity index (χ1n) is 9.94. The lowest BCUT2D eigenvalue weighted by molar-refractivity contribution is 0.102. The minimum absolute atomic E-state index is 0.252. The van der Waals surface area contributed by atoms with E-state index in [-0.39, 0.29) is 5.91 Å². The van der Waals surface area contributed by atoms with Crippen molar-refractivity contribution in [2.45, 2.75) is 6.92 Å². The number of hydrogen-bond acceptors (Lipinski definition) is 5. The number of anilines is 3. The van der Waals surface area contributed by atoms with E-state index in [2.05, 4.69) is 20.6 Å². The molecule has 0 aliphatic carbocycles. The lowest BCUT2D eigenvalue weighted by Crippen LogP contribution is -2.12. The molecule has 32 heavy (non-hydrogen) atoms. The van der Waals surface area contributed by atoms with Crippen LogP contribution in [-0.2, 0) is 0 Å². The number of benzene rings is 3. The van der Waals surface area contributed by atoms with E-state index >= 15 is 0 Å². The van der Waals surface area contributed by atoms with Crippen LogP contribution < -0.4 is 15.4 Å². The standard InChI is InChI=1S/C25H21ClN4O2/c1-16-6-8-17(9-7-16)24-27-13-12-23(30-24)28-19-5-3-4-18(14-19)25(31)29-20-10-11-22(32-2)21(26)15-20/h3-15H,1-2H3,(H,29,31)(H,27,28,30). The molecule has 0 saturated carbocycles. The van der Waals surface area contributed by atoms with Crippen LogP contribution in [0.1, 0.15) is 15.9 Å². The fourth-order valence-electron chi connectivity index (χ4n) is 3.10. The van der Waals surface area contributed by atoms with E-state index in [0.29, 0.717) is 33.7 Å². The average Bonchev–Trinajstić information content (AvgIpc) is 2.80. The van der Waals surface area contributed by atoms with E-state index in [4.69, 9.17) is 16.3 Å². The Morgan fingerprint density at radius 3 is 2.53 bits per heavy atom. The normalized spacial score (nSPS) is 10.5. The van der Waals surface area contributed by atoms with Crippen LogP contribution in [0, 0.1) is 6.92 Å². The van der Waals surface area contributed by atoms with E-state index < -0.39 is 0 Å². The van der Waals surface area contributed by atoms with Crippen LogP contribution in [0.3, 0.4) is 0 Å². The predicted molar refractivity (Wildman–Crippen MR) is 128 cm³/mol. The van der Waals surface area contributed by atoms with Gasteiger partial charge in [0, 0.05) is 28.7 Å². The van der Waals surface area contributed by atoms with Crippen LogP contribution >= 0.6 is 11.6 Å². The van der Waals surface area contributed by atoms with Gasteiger partial charge in [-0.2, -0.15) is 0 Å². The summed E-state index contributed by atoms with van der Waals surface area (Å²) in [6, 6.07) is 22.1. The van der Waals surface area contributed by atoms with Gasteiger partial charge in [0.2, 0.25) is 0 Å². The second-order valence-corrected chi connectivity index (χ2v) is 7.55. The van der Waals surface area contributed by atoms with Crippen molar-refractivity contribution in [2.75, 3.05) is 17.7 Å². The number of aryl methyl sites for hydroxylation is 1. The Morgan fingerprint density at radius 2 is 1.78 bits per heavy atom. The number of nitrogens with one attached hydrogen (secondary N) is 2. The van der Waals surface area contributed by atoms with Gasteiger partial charge in [-0.05, 0) is 49.4 Å². The number of carbonyl (C=O) groups excluding carboxylic acids is 1. The molecule has 0 unspecified atom stereocenters. The third-order valence-electron chi connectivity index (χ3n) is 4.77. The second-order valence-electron chi connectivity index (χ2n) is 7.14. The summed E-state index contributed by atoms with van der Waals surface area (Å²) in [6.45, 7) is 2.04. The monoisotopic (exact) mass is 444 g/mol. The molecule has 160 valence electrons. The van der Waals surface area contributed by atoms with Crippen LogP contribution in [-0.4, -0.2) is 23.0 Å². The van der Waals surface area contributed by atoms with Crippen LogP contribution in [0.2, 0.25) is 5.02 Å². The summed E-state index contributed by atoms with van der Waals surface area (Å²) in [7, 11) is 1.54. The number of nitrogens with zero attached hydrogens (tertiary/aromatic N) is 2. The fourth-order valence-corrected chi connectivity index (χ4v) is 3.36. The molecule has 7 heteroatoms. The number of rotatable bonds is 6. The van der Waals surface area contributed by atoms with Crippen molar-refractivity contribution in [1.29, 1.82) is 0 Å². The first-order valence-corrected chi connectivity index (χ1v) is 10.3. The quantitative estimate of drug-likeness (QED) is 0.375. The summed E-state index contributed by atoms with van der Waals surface area (Å²) in [5, 5.41) is 6.51. The van der Waals surface area contributed by atoms with Gasteiger partial charge >= 0.3 is 0 Å². The Labute approximate surface area is 191 Å². The summed E-state index contributed by atoms with van der Waals surface area (Å²) in [5.41, 5.74) is 3.92. The molecule has 3 aromatic carbocycles. The van der Waals surface area contributed by atoms with Crippen LogP contribution in [0.4, 0.5) is 17.2 Å². The van der Waals surface area contributed by atoms with Crippen molar-refractivity contribution in [2.24, 2.45) is 0 Å². The number of carbonyl (C=O) groups is 1. The fraction of sp³-hybridized carbons (Fsp3) is 0.0800. The zero-order chi connectivity index (χ0) is 22.5. The molecule has 0 aliphatic heterocycles. The minimum Gasteiger partial charge on any atom is -0.495 e. The molecule has 0 bridgehead atoms. The van der Waals surface area contributed by atoms with E-state index in [1.807, 2.05) is 37.3 Å². The van der Waals surface area contributed by atoms with E-state index in [1.165, 1.54) is 5.56 Å². The molecule has 1 aromatic heterocycles. The van der Waals surface area contributed by atoms with E-state index in [9.17, 15) is 4.79 Å². The van der Waals surface area contributed by atoms with Crippen LogP contribution in [0.15, 0.2) is 79.0 Å². The van der Waals surface area contributed by atoms with Crippen LogP contribution in [0.5, 0.6) is 5.75 Å². The number of aromatic nitrogens is 2. The smallest absolute Gasteiger partial charge is 0.255 e. The number of halogens is 1. The van der Waals surface area contributed by atoms with E-state index in [0.717, 1.165) is 11.3 Å². The van der Waals surface area contributed by atoms with Gasteiger partial charge in [-0.1, -0.05) is 47.5 Å².